The maximum Gasteiger partial charge on any atom is 0.243 e. The molecule has 0 saturated heterocycles. The summed E-state index contributed by atoms with van der Waals surface area (Å²) in [6.07, 6.45) is 7.94. The van der Waals surface area contributed by atoms with Gasteiger partial charge in [0.15, 0.2) is 5.66 Å². The van der Waals surface area contributed by atoms with Gasteiger partial charge in [-0.15, -0.1) is 0 Å². The number of rotatable bonds is 8. The van der Waals surface area contributed by atoms with Gasteiger partial charge in [-0.2, -0.15) is 4.31 Å². The van der Waals surface area contributed by atoms with Crippen LogP contribution in [0.4, 0.5) is 0 Å². The lowest BCUT2D eigenvalue weighted by molar-refractivity contribution is 0.317. The molecule has 8 nitrogen and oxygen atoms in total. The number of aromatic nitrogens is 3. The van der Waals surface area contributed by atoms with Crippen LogP contribution < -0.4 is 10.7 Å². The van der Waals surface area contributed by atoms with Crippen LogP contribution >= 0.6 is 0 Å². The van der Waals surface area contributed by atoms with Crippen LogP contribution in [0, 0.1) is 12.8 Å². The average molecular weight is 479 g/mol. The molecule has 0 fully saturated rings. The molecule has 0 aliphatic carbocycles. The lowest BCUT2D eigenvalue weighted by Crippen LogP contribution is -2.33. The third kappa shape index (κ3) is 5.05. The van der Waals surface area contributed by atoms with E-state index in [4.69, 9.17) is 9.98 Å². The van der Waals surface area contributed by atoms with Crippen molar-refractivity contribution in [2.45, 2.75) is 57.1 Å². The van der Waals surface area contributed by atoms with Crippen molar-refractivity contribution in [3.8, 4) is 0 Å². The second kappa shape index (κ2) is 9.31. The topological polar surface area (TPSA) is 101 Å². The summed E-state index contributed by atoms with van der Waals surface area (Å²) in [7, 11) is -2.12. The second-order valence-corrected chi connectivity index (χ2v) is 11.4. The first-order valence-electron chi connectivity index (χ1n) is 11.3. The second-order valence-electron chi connectivity index (χ2n) is 9.38. The largest absolute Gasteiger partial charge is 0.262 e. The van der Waals surface area contributed by atoms with Crippen LogP contribution in [0.3, 0.4) is 0 Å². The molecule has 0 bridgehead atoms. The van der Waals surface area contributed by atoms with Crippen molar-refractivity contribution in [2.75, 3.05) is 7.05 Å². The third-order valence-corrected chi connectivity index (χ3v) is 7.77. The van der Waals surface area contributed by atoms with Gasteiger partial charge in [0.25, 0.3) is 0 Å². The molecule has 0 saturated carbocycles. The molecule has 1 aliphatic rings. The van der Waals surface area contributed by atoms with Gasteiger partial charge in [0, 0.05) is 25.9 Å². The van der Waals surface area contributed by atoms with Crippen LogP contribution in [0.15, 0.2) is 70.0 Å². The normalized spacial score (nSPS) is 18.4. The van der Waals surface area contributed by atoms with Crippen LogP contribution in [0.5, 0.6) is 0 Å². The van der Waals surface area contributed by atoms with Crippen LogP contribution in [0.25, 0.3) is 0 Å². The molecule has 1 aliphatic heterocycles. The summed E-state index contributed by atoms with van der Waals surface area (Å²) in [6, 6.07) is 8.43. The number of fused-ring (bicyclic) bond motifs is 1. The molecule has 34 heavy (non-hydrogen) atoms. The Bertz CT molecular complexity index is 1370. The highest BCUT2D eigenvalue weighted by Gasteiger charge is 2.31. The van der Waals surface area contributed by atoms with E-state index in [0.29, 0.717) is 18.5 Å². The predicted octanol–water partition coefficient (Wildman–Crippen LogP) is 2.80. The van der Waals surface area contributed by atoms with E-state index in [-0.39, 0.29) is 10.8 Å². The van der Waals surface area contributed by atoms with Crippen molar-refractivity contribution in [3.63, 3.8) is 0 Å². The Labute approximate surface area is 200 Å². The van der Waals surface area contributed by atoms with Gasteiger partial charge in [-0.1, -0.05) is 26.0 Å². The summed E-state index contributed by atoms with van der Waals surface area (Å²) in [5.74, 6) is 0.284. The maximum atomic E-state index is 13.5. The number of nitrogens with zero attached hydrogens (tertiary/aromatic N) is 6. The van der Waals surface area contributed by atoms with Crippen molar-refractivity contribution >= 4 is 10.0 Å². The predicted molar refractivity (Wildman–Crippen MR) is 129 cm³/mol. The van der Waals surface area contributed by atoms with Crippen LogP contribution in [0.1, 0.15) is 50.2 Å². The zero-order valence-electron chi connectivity index (χ0n) is 20.2. The molecule has 0 N–H and O–H groups in total. The molecule has 3 heterocycles. The summed E-state index contributed by atoms with van der Waals surface area (Å²) in [4.78, 5) is 22.6. The molecule has 2 aromatic heterocycles. The fourth-order valence-electron chi connectivity index (χ4n) is 4.23. The molecule has 0 amide bonds. The molecule has 9 heteroatoms. The van der Waals surface area contributed by atoms with Gasteiger partial charge < -0.3 is 0 Å². The molecule has 0 spiro atoms. The number of pyridine rings is 1. The number of hydrogen-bond acceptors (Lipinski definition) is 7. The van der Waals surface area contributed by atoms with Crippen molar-refractivity contribution in [3.05, 3.63) is 82.8 Å². The summed E-state index contributed by atoms with van der Waals surface area (Å²) >= 11 is 0. The van der Waals surface area contributed by atoms with Gasteiger partial charge in [-0.05, 0) is 49.9 Å². The smallest absolute Gasteiger partial charge is 0.243 e. The quantitative estimate of drug-likeness (QED) is 0.496. The van der Waals surface area contributed by atoms with Gasteiger partial charge in [0.1, 0.15) is 5.36 Å². The lowest BCUT2D eigenvalue weighted by Gasteiger charge is -2.28. The minimum Gasteiger partial charge on any atom is -0.262 e. The van der Waals surface area contributed by atoms with Crippen molar-refractivity contribution in [1.29, 1.82) is 0 Å². The van der Waals surface area contributed by atoms with Crippen molar-refractivity contribution < 1.29 is 8.42 Å². The van der Waals surface area contributed by atoms with E-state index in [1.54, 1.807) is 44.0 Å². The molecule has 4 rings (SSSR count). The first-order chi connectivity index (χ1) is 16.1. The number of hydrogen-bond donors (Lipinski definition) is 0. The molecule has 1 aromatic carbocycles. The maximum absolute atomic E-state index is 13.5. The summed E-state index contributed by atoms with van der Waals surface area (Å²) < 4.78 is 28.4. The SMILES string of the molecule is Cc1cncc(C(CC(C)C)N(C)S(=O)(=O)c2ccc(CC3(C)N=c4ccncc4=N3)cc2)n1. The highest BCUT2D eigenvalue weighted by molar-refractivity contribution is 7.89. The van der Waals surface area contributed by atoms with Gasteiger partial charge >= 0.3 is 0 Å². The van der Waals surface area contributed by atoms with Crippen molar-refractivity contribution in [1.82, 2.24) is 19.3 Å². The highest BCUT2D eigenvalue weighted by Crippen LogP contribution is 2.31. The molecule has 178 valence electrons. The van der Waals surface area contributed by atoms with Crippen LogP contribution in [0.2, 0.25) is 0 Å². The zero-order chi connectivity index (χ0) is 24.5. The van der Waals surface area contributed by atoms with E-state index < -0.39 is 21.7 Å². The first kappa shape index (κ1) is 24.1. The Morgan fingerprint density at radius 2 is 1.68 bits per heavy atom. The first-order valence-corrected chi connectivity index (χ1v) is 12.8. The van der Waals surface area contributed by atoms with Crippen LogP contribution in [-0.4, -0.2) is 40.4 Å². The fraction of sp³-hybridized carbons (Fsp3) is 0.400. The summed E-state index contributed by atoms with van der Waals surface area (Å²) in [5, 5.41) is 1.61. The van der Waals surface area contributed by atoms with Gasteiger partial charge in [-0.25, -0.2) is 8.42 Å². The van der Waals surface area contributed by atoms with Gasteiger partial charge in [0.05, 0.1) is 40.1 Å². The Hall–Kier alpha value is -3.04. The Kier molecular flexibility index (Phi) is 6.60. The zero-order valence-corrected chi connectivity index (χ0v) is 21.0. The number of aryl methyl sites for hydroxylation is 1. The van der Waals surface area contributed by atoms with E-state index in [2.05, 4.69) is 28.8 Å². The Balaban J connectivity index is 1.58. The minimum atomic E-state index is -3.74. The summed E-state index contributed by atoms with van der Waals surface area (Å²) in [5.41, 5.74) is 1.74. The molecule has 2 atom stereocenters. The highest BCUT2D eigenvalue weighted by atomic mass is 32.2. The van der Waals surface area contributed by atoms with E-state index in [0.717, 1.165) is 22.0 Å². The van der Waals surface area contributed by atoms with E-state index in [1.807, 2.05) is 32.0 Å². The van der Waals surface area contributed by atoms with E-state index in [9.17, 15) is 8.42 Å². The lowest BCUT2D eigenvalue weighted by atomic mass is 10.0. The number of benzene rings is 1. The molecule has 2 unspecified atom stereocenters. The molecule has 3 aromatic rings. The molecular formula is C25H30N6O2S. The molecular weight excluding hydrogens is 448 g/mol. The third-order valence-electron chi connectivity index (χ3n) is 5.89. The Morgan fingerprint density at radius 3 is 2.32 bits per heavy atom. The van der Waals surface area contributed by atoms with Gasteiger partial charge in [0.2, 0.25) is 10.0 Å². The minimum absolute atomic E-state index is 0.242. The summed E-state index contributed by atoms with van der Waals surface area (Å²) in [6.45, 7) is 7.96. The van der Waals surface area contributed by atoms with E-state index >= 15 is 0 Å². The standard InChI is InChI=1S/C25H30N6O2S/c1-17(2)12-24(23-16-27-14-18(3)28-23)31(5)34(32,33)20-8-6-19(7-9-20)13-25(4)29-21-10-11-26-15-22(21)30-25/h6-11,14-17,24H,12-13H2,1-5H3. The van der Waals surface area contributed by atoms with Gasteiger partial charge in [-0.3, -0.25) is 24.9 Å². The monoisotopic (exact) mass is 478 g/mol. The molecule has 0 radical (unpaired) electrons. The average Bonchev–Trinajstić information content (AvgIpc) is 3.12. The Morgan fingerprint density at radius 1 is 0.971 bits per heavy atom. The number of sulfonamides is 1. The fourth-order valence-corrected chi connectivity index (χ4v) is 5.57. The van der Waals surface area contributed by atoms with Crippen molar-refractivity contribution in [2.24, 2.45) is 15.9 Å². The van der Waals surface area contributed by atoms with Crippen LogP contribution in [-0.2, 0) is 16.4 Å². The van der Waals surface area contributed by atoms with E-state index in [1.165, 1.54) is 4.31 Å².